The van der Waals surface area contributed by atoms with Gasteiger partial charge in [0.25, 0.3) is 0 Å². The molecule has 1 aliphatic carbocycles. The molecule has 0 spiro atoms. The molecule has 0 aromatic rings. The highest BCUT2D eigenvalue weighted by Gasteiger charge is 2.47. The zero-order valence-electron chi connectivity index (χ0n) is 5.65. The molecule has 0 radical (unpaired) electrons. The topological polar surface area (TPSA) is 20.2 Å². The van der Waals surface area contributed by atoms with E-state index in [0.717, 1.165) is 0 Å². The van der Waals surface area contributed by atoms with E-state index in [0.29, 0.717) is 17.9 Å². The van der Waals surface area contributed by atoms with E-state index in [2.05, 4.69) is 13.8 Å². The summed E-state index contributed by atoms with van der Waals surface area (Å²) in [6.07, 6.45) is 2.46. The normalized spacial score (nSPS) is 44.6. The van der Waals surface area contributed by atoms with Gasteiger partial charge in [0.05, 0.1) is 0 Å². The standard InChI is InChI=1S/C7H14O/c1-3-7(2)4-6(7)5-8/h6,8H,3-5H2,1-2H3/t6-,7+/m0/s1. The molecule has 48 valence electrons. The monoisotopic (exact) mass is 114 g/mol. The first-order valence-electron chi connectivity index (χ1n) is 3.34. The molecule has 0 unspecified atom stereocenters. The van der Waals surface area contributed by atoms with Crippen molar-refractivity contribution in [2.45, 2.75) is 26.7 Å². The van der Waals surface area contributed by atoms with E-state index in [1.54, 1.807) is 0 Å². The SMILES string of the molecule is CC[C@]1(C)C[C@H]1CO. The van der Waals surface area contributed by atoms with Crippen molar-refractivity contribution in [3.8, 4) is 0 Å². The summed E-state index contributed by atoms with van der Waals surface area (Å²) in [7, 11) is 0. The van der Waals surface area contributed by atoms with Crippen LogP contribution in [0.5, 0.6) is 0 Å². The molecule has 0 aliphatic heterocycles. The Morgan fingerprint density at radius 1 is 1.75 bits per heavy atom. The molecule has 0 amide bonds. The van der Waals surface area contributed by atoms with Crippen LogP contribution in [0.1, 0.15) is 26.7 Å². The molecule has 1 aliphatic rings. The minimum atomic E-state index is 0.393. The van der Waals surface area contributed by atoms with Crippen molar-refractivity contribution in [3.63, 3.8) is 0 Å². The summed E-state index contributed by atoms with van der Waals surface area (Å²) in [6.45, 7) is 4.83. The van der Waals surface area contributed by atoms with E-state index in [1.165, 1.54) is 12.8 Å². The van der Waals surface area contributed by atoms with E-state index in [4.69, 9.17) is 5.11 Å². The summed E-state index contributed by atoms with van der Waals surface area (Å²) in [5.74, 6) is 0.618. The summed E-state index contributed by atoms with van der Waals surface area (Å²) in [5.41, 5.74) is 0.509. The molecule has 1 nitrogen and oxygen atoms in total. The van der Waals surface area contributed by atoms with Crippen LogP contribution in [0.15, 0.2) is 0 Å². The molecule has 1 saturated carbocycles. The van der Waals surface area contributed by atoms with Crippen LogP contribution >= 0.6 is 0 Å². The van der Waals surface area contributed by atoms with Gasteiger partial charge in [0, 0.05) is 6.61 Å². The Kier molecular flexibility index (Phi) is 1.31. The third-order valence-electron chi connectivity index (χ3n) is 2.57. The van der Waals surface area contributed by atoms with Crippen LogP contribution in [0.3, 0.4) is 0 Å². The lowest BCUT2D eigenvalue weighted by Gasteiger charge is -2.02. The number of hydrogen-bond donors (Lipinski definition) is 1. The minimum absolute atomic E-state index is 0.393. The van der Waals surface area contributed by atoms with Crippen molar-refractivity contribution in [1.82, 2.24) is 0 Å². The van der Waals surface area contributed by atoms with Crippen molar-refractivity contribution in [2.24, 2.45) is 11.3 Å². The lowest BCUT2D eigenvalue weighted by Crippen LogP contribution is -1.97. The lowest BCUT2D eigenvalue weighted by atomic mass is 10.0. The van der Waals surface area contributed by atoms with Gasteiger partial charge in [-0.1, -0.05) is 20.3 Å². The number of rotatable bonds is 2. The van der Waals surface area contributed by atoms with E-state index >= 15 is 0 Å². The van der Waals surface area contributed by atoms with Gasteiger partial charge >= 0.3 is 0 Å². The summed E-state index contributed by atoms with van der Waals surface area (Å²) >= 11 is 0. The van der Waals surface area contributed by atoms with Crippen LogP contribution in [0.25, 0.3) is 0 Å². The first kappa shape index (κ1) is 6.09. The van der Waals surface area contributed by atoms with Gasteiger partial charge < -0.3 is 5.11 Å². The third-order valence-corrected chi connectivity index (χ3v) is 2.57. The number of aliphatic hydroxyl groups excluding tert-OH is 1. The average molecular weight is 114 g/mol. The van der Waals surface area contributed by atoms with Crippen molar-refractivity contribution in [2.75, 3.05) is 6.61 Å². The largest absolute Gasteiger partial charge is 0.396 e. The maximum absolute atomic E-state index is 8.67. The van der Waals surface area contributed by atoms with Gasteiger partial charge in [-0.05, 0) is 17.8 Å². The highest BCUT2D eigenvalue weighted by atomic mass is 16.3. The zero-order chi connectivity index (χ0) is 6.20. The molecule has 1 fully saturated rings. The maximum Gasteiger partial charge on any atom is 0.0464 e. The predicted molar refractivity (Wildman–Crippen MR) is 33.6 cm³/mol. The Balaban J connectivity index is 2.31. The van der Waals surface area contributed by atoms with Crippen LogP contribution in [-0.4, -0.2) is 11.7 Å². The van der Waals surface area contributed by atoms with E-state index in [-0.39, 0.29) is 0 Å². The van der Waals surface area contributed by atoms with Gasteiger partial charge in [0.1, 0.15) is 0 Å². The van der Waals surface area contributed by atoms with Gasteiger partial charge in [-0.25, -0.2) is 0 Å². The molecule has 0 bridgehead atoms. The second kappa shape index (κ2) is 1.73. The van der Waals surface area contributed by atoms with Crippen molar-refractivity contribution < 1.29 is 5.11 Å². The molecule has 0 heterocycles. The average Bonchev–Trinajstić information content (AvgIpc) is 2.44. The minimum Gasteiger partial charge on any atom is -0.396 e. The molecular formula is C7H14O. The quantitative estimate of drug-likeness (QED) is 0.575. The second-order valence-electron chi connectivity index (χ2n) is 3.09. The Labute approximate surface area is 50.7 Å². The lowest BCUT2D eigenvalue weighted by molar-refractivity contribution is 0.251. The highest BCUT2D eigenvalue weighted by Crippen LogP contribution is 2.54. The maximum atomic E-state index is 8.67. The molecule has 1 rings (SSSR count). The smallest absolute Gasteiger partial charge is 0.0464 e. The fraction of sp³-hybridized carbons (Fsp3) is 1.00. The van der Waals surface area contributed by atoms with Crippen molar-refractivity contribution in [1.29, 1.82) is 0 Å². The Morgan fingerprint density at radius 3 is 2.50 bits per heavy atom. The van der Waals surface area contributed by atoms with Gasteiger partial charge in [-0.15, -0.1) is 0 Å². The zero-order valence-corrected chi connectivity index (χ0v) is 5.65. The van der Waals surface area contributed by atoms with Crippen molar-refractivity contribution >= 4 is 0 Å². The Morgan fingerprint density at radius 2 is 2.38 bits per heavy atom. The fourth-order valence-corrected chi connectivity index (χ4v) is 1.22. The summed E-state index contributed by atoms with van der Waals surface area (Å²) in [4.78, 5) is 0. The molecule has 1 heteroatoms. The van der Waals surface area contributed by atoms with Crippen LogP contribution in [0.2, 0.25) is 0 Å². The van der Waals surface area contributed by atoms with E-state index < -0.39 is 0 Å². The van der Waals surface area contributed by atoms with Gasteiger partial charge in [-0.3, -0.25) is 0 Å². The molecule has 0 aromatic carbocycles. The van der Waals surface area contributed by atoms with Crippen LogP contribution in [-0.2, 0) is 0 Å². The third kappa shape index (κ3) is 0.752. The molecular weight excluding hydrogens is 100 g/mol. The first-order chi connectivity index (χ1) is 3.73. The van der Waals surface area contributed by atoms with Crippen molar-refractivity contribution in [3.05, 3.63) is 0 Å². The summed E-state index contributed by atoms with van der Waals surface area (Å²) in [5, 5.41) is 8.67. The molecule has 8 heavy (non-hydrogen) atoms. The van der Waals surface area contributed by atoms with Crippen LogP contribution < -0.4 is 0 Å². The number of hydrogen-bond acceptors (Lipinski definition) is 1. The molecule has 2 atom stereocenters. The predicted octanol–water partition coefficient (Wildman–Crippen LogP) is 1.41. The summed E-state index contributed by atoms with van der Waals surface area (Å²) in [6, 6.07) is 0. The molecule has 1 N–H and O–H groups in total. The Hall–Kier alpha value is -0.0400. The van der Waals surface area contributed by atoms with Gasteiger partial charge in [0.15, 0.2) is 0 Å². The van der Waals surface area contributed by atoms with E-state index in [1.807, 2.05) is 0 Å². The second-order valence-corrected chi connectivity index (χ2v) is 3.09. The fourth-order valence-electron chi connectivity index (χ4n) is 1.22. The molecule has 0 aromatic heterocycles. The summed E-state index contributed by atoms with van der Waals surface area (Å²) < 4.78 is 0. The van der Waals surface area contributed by atoms with Gasteiger partial charge in [0.2, 0.25) is 0 Å². The number of aliphatic hydroxyl groups is 1. The van der Waals surface area contributed by atoms with Crippen LogP contribution in [0, 0.1) is 11.3 Å². The van der Waals surface area contributed by atoms with Crippen LogP contribution in [0.4, 0.5) is 0 Å². The Bertz CT molecular complexity index is 90.4. The van der Waals surface area contributed by atoms with E-state index in [9.17, 15) is 0 Å². The molecule has 0 saturated heterocycles. The highest BCUT2D eigenvalue weighted by molar-refractivity contribution is 4.96. The first-order valence-corrected chi connectivity index (χ1v) is 3.34. The van der Waals surface area contributed by atoms with Gasteiger partial charge in [-0.2, -0.15) is 0 Å².